The summed E-state index contributed by atoms with van der Waals surface area (Å²) >= 11 is 1.80. The lowest BCUT2D eigenvalue weighted by atomic mass is 9.99. The molecule has 10 rings (SSSR count). The van der Waals surface area contributed by atoms with Gasteiger partial charge in [0.2, 0.25) is 0 Å². The monoisotopic (exact) mass is 615 g/mol. The zero-order valence-corrected chi connectivity index (χ0v) is 26.0. The third-order valence-electron chi connectivity index (χ3n) is 9.52. The second-order valence-corrected chi connectivity index (χ2v) is 13.0. The van der Waals surface area contributed by atoms with Gasteiger partial charge in [-0.1, -0.05) is 115 Å². The summed E-state index contributed by atoms with van der Waals surface area (Å²) in [5, 5.41) is 7.26. The van der Waals surface area contributed by atoms with E-state index in [2.05, 4.69) is 154 Å². The molecule has 47 heavy (non-hydrogen) atoms. The number of hydrogen-bond donors (Lipinski definition) is 0. The van der Waals surface area contributed by atoms with Crippen molar-refractivity contribution >= 4 is 80.8 Å². The van der Waals surface area contributed by atoms with Crippen LogP contribution in [0.25, 0.3) is 91.1 Å². The van der Waals surface area contributed by atoms with E-state index < -0.39 is 0 Å². The molecule has 0 saturated heterocycles. The van der Waals surface area contributed by atoms with E-state index in [0.717, 1.165) is 16.8 Å². The van der Waals surface area contributed by atoms with Crippen molar-refractivity contribution in [2.24, 2.45) is 0 Å². The van der Waals surface area contributed by atoms with Gasteiger partial charge < -0.3 is 9.13 Å². The molecular weight excluding hydrogens is 591 g/mol. The van der Waals surface area contributed by atoms with Crippen LogP contribution < -0.4 is 0 Å². The molecule has 3 nitrogen and oxygen atoms in total. The first-order valence-corrected chi connectivity index (χ1v) is 16.5. The molecule has 3 aromatic heterocycles. The van der Waals surface area contributed by atoms with Gasteiger partial charge in [0, 0.05) is 48.4 Å². The smallest absolute Gasteiger partial charge is 0.187 e. The van der Waals surface area contributed by atoms with E-state index in [9.17, 15) is 0 Å². The Morgan fingerprint density at radius 2 is 1.04 bits per heavy atom. The molecule has 0 aliphatic carbocycles. The van der Waals surface area contributed by atoms with Crippen LogP contribution in [0.2, 0.25) is 0 Å². The fourth-order valence-corrected chi connectivity index (χ4v) is 8.77. The van der Waals surface area contributed by atoms with Crippen molar-refractivity contribution in [2.75, 3.05) is 0 Å². The first kappa shape index (κ1) is 26.1. The van der Waals surface area contributed by atoms with Crippen LogP contribution in [0.4, 0.5) is 5.69 Å². The lowest BCUT2D eigenvalue weighted by Crippen LogP contribution is -1.98. The Balaban J connectivity index is 1.37. The van der Waals surface area contributed by atoms with Crippen LogP contribution in [-0.2, 0) is 0 Å². The molecule has 3 heterocycles. The maximum atomic E-state index is 7.61. The van der Waals surface area contributed by atoms with E-state index >= 15 is 0 Å². The van der Waals surface area contributed by atoms with Crippen LogP contribution in [-0.4, -0.2) is 9.13 Å². The van der Waals surface area contributed by atoms with Gasteiger partial charge in [-0.2, -0.15) is 0 Å². The molecule has 0 N–H and O–H groups in total. The molecule has 0 spiro atoms. The number of nitrogens with zero attached hydrogens (tertiary/aromatic N) is 3. The highest BCUT2D eigenvalue weighted by Gasteiger charge is 2.22. The van der Waals surface area contributed by atoms with Crippen LogP contribution in [0.15, 0.2) is 152 Å². The van der Waals surface area contributed by atoms with Crippen LogP contribution in [0.1, 0.15) is 0 Å². The molecule has 0 aliphatic heterocycles. The van der Waals surface area contributed by atoms with Crippen LogP contribution in [0.5, 0.6) is 0 Å². The molecule has 0 saturated carbocycles. The van der Waals surface area contributed by atoms with Gasteiger partial charge in [-0.05, 0) is 41.8 Å². The van der Waals surface area contributed by atoms with Gasteiger partial charge in [-0.15, -0.1) is 11.3 Å². The first-order chi connectivity index (χ1) is 23.3. The molecule has 218 valence electrons. The van der Waals surface area contributed by atoms with Gasteiger partial charge >= 0.3 is 0 Å². The fourth-order valence-electron chi connectivity index (χ4n) is 7.58. The van der Waals surface area contributed by atoms with Crippen LogP contribution >= 0.6 is 11.3 Å². The molecular formula is C43H25N3S. The van der Waals surface area contributed by atoms with Crippen molar-refractivity contribution in [1.82, 2.24) is 9.13 Å². The molecule has 0 unspecified atom stereocenters. The van der Waals surface area contributed by atoms with E-state index in [1.54, 1.807) is 11.3 Å². The SMILES string of the molecule is [C-]#[N+]c1ccc2sc3c(-n4c5ccccc5c5cccc(-c6cccc7c8ccccc8n(-c8ccccc8)c67)c54)cccc3c2c1. The second-order valence-electron chi connectivity index (χ2n) is 12.0. The average molecular weight is 616 g/mol. The lowest BCUT2D eigenvalue weighted by molar-refractivity contribution is 1.18. The van der Waals surface area contributed by atoms with Gasteiger partial charge in [0.1, 0.15) is 0 Å². The molecule has 0 amide bonds. The van der Waals surface area contributed by atoms with Crippen molar-refractivity contribution in [3.05, 3.63) is 163 Å². The van der Waals surface area contributed by atoms with Crippen LogP contribution in [0.3, 0.4) is 0 Å². The van der Waals surface area contributed by atoms with E-state index in [1.807, 2.05) is 12.1 Å². The van der Waals surface area contributed by atoms with E-state index in [4.69, 9.17) is 6.57 Å². The number of rotatable bonds is 3. The Labute approximate surface area is 274 Å². The second kappa shape index (κ2) is 9.92. The minimum absolute atomic E-state index is 0.670. The third-order valence-corrected chi connectivity index (χ3v) is 10.7. The summed E-state index contributed by atoms with van der Waals surface area (Å²) in [5.74, 6) is 0. The topological polar surface area (TPSA) is 14.2 Å². The quantitative estimate of drug-likeness (QED) is 0.176. The standard InChI is InChI=1S/C43H25N3S/c1-44-27-24-25-40-36(26-27)35-20-11-23-39(43(35)47-40)46-38-22-8-6-15-30(38)32-17-10-19-34(42(32)46)33-18-9-16-31-29-14-5-7-21-37(29)45(41(31)33)28-12-3-2-4-13-28/h2-26H. The molecule has 0 atom stereocenters. The highest BCUT2D eigenvalue weighted by molar-refractivity contribution is 7.26. The number of benzene rings is 7. The summed E-state index contributed by atoms with van der Waals surface area (Å²) in [6, 6.07) is 54.3. The Bertz CT molecular complexity index is 2910. The summed E-state index contributed by atoms with van der Waals surface area (Å²) in [5.41, 5.74) is 10.1. The molecule has 7 aromatic carbocycles. The molecule has 4 heteroatoms. The number of hydrogen-bond acceptors (Lipinski definition) is 1. The molecule has 0 fully saturated rings. The molecule has 0 radical (unpaired) electrons. The maximum absolute atomic E-state index is 7.61. The predicted molar refractivity (Wildman–Crippen MR) is 200 cm³/mol. The lowest BCUT2D eigenvalue weighted by Gasteiger charge is -2.15. The van der Waals surface area contributed by atoms with E-state index in [0.29, 0.717) is 5.69 Å². The Hall–Kier alpha value is -6.15. The van der Waals surface area contributed by atoms with Crippen molar-refractivity contribution in [1.29, 1.82) is 0 Å². The molecule has 0 aliphatic rings. The Morgan fingerprint density at radius 1 is 0.468 bits per heavy atom. The zero-order valence-electron chi connectivity index (χ0n) is 25.2. The van der Waals surface area contributed by atoms with Crippen molar-refractivity contribution in [2.45, 2.75) is 0 Å². The van der Waals surface area contributed by atoms with Gasteiger partial charge in [0.05, 0.1) is 39.0 Å². The summed E-state index contributed by atoms with van der Waals surface area (Å²) in [7, 11) is 0. The van der Waals surface area contributed by atoms with Crippen molar-refractivity contribution < 1.29 is 0 Å². The largest absolute Gasteiger partial charge is 0.309 e. The maximum Gasteiger partial charge on any atom is 0.187 e. The minimum Gasteiger partial charge on any atom is -0.309 e. The van der Waals surface area contributed by atoms with E-state index in [-0.39, 0.29) is 0 Å². The Kier molecular flexibility index (Phi) is 5.51. The van der Waals surface area contributed by atoms with Gasteiger partial charge in [-0.25, -0.2) is 4.85 Å². The normalized spacial score (nSPS) is 11.8. The highest BCUT2D eigenvalue weighted by atomic mass is 32.1. The first-order valence-electron chi connectivity index (χ1n) is 15.7. The number of thiophene rings is 1. The van der Waals surface area contributed by atoms with Gasteiger partial charge in [-0.3, -0.25) is 0 Å². The fraction of sp³-hybridized carbons (Fsp3) is 0. The number of aromatic nitrogens is 2. The summed E-state index contributed by atoms with van der Waals surface area (Å²) < 4.78 is 7.31. The average Bonchev–Trinajstić information content (AvgIpc) is 3.79. The predicted octanol–water partition coefficient (Wildman–Crippen LogP) is 12.5. The number of fused-ring (bicyclic) bond motifs is 9. The minimum atomic E-state index is 0.670. The molecule has 10 aromatic rings. The van der Waals surface area contributed by atoms with Gasteiger partial charge in [0.15, 0.2) is 5.69 Å². The summed E-state index contributed by atoms with van der Waals surface area (Å²) in [6.45, 7) is 7.61. The van der Waals surface area contributed by atoms with Gasteiger partial charge in [0.25, 0.3) is 0 Å². The third kappa shape index (κ3) is 3.66. The van der Waals surface area contributed by atoms with E-state index in [1.165, 1.54) is 69.5 Å². The van der Waals surface area contributed by atoms with Crippen molar-refractivity contribution in [3.63, 3.8) is 0 Å². The Morgan fingerprint density at radius 3 is 1.74 bits per heavy atom. The zero-order chi connectivity index (χ0) is 31.1. The summed E-state index contributed by atoms with van der Waals surface area (Å²) in [4.78, 5) is 3.72. The number of para-hydroxylation sites is 5. The van der Waals surface area contributed by atoms with Crippen molar-refractivity contribution in [3.8, 4) is 22.5 Å². The van der Waals surface area contributed by atoms with Crippen LogP contribution in [0, 0.1) is 6.57 Å². The summed E-state index contributed by atoms with van der Waals surface area (Å²) in [6.07, 6.45) is 0. The molecule has 0 bridgehead atoms. The highest BCUT2D eigenvalue weighted by Crippen LogP contribution is 2.45.